The topological polar surface area (TPSA) is 66.5 Å². The molecule has 25 heavy (non-hydrogen) atoms. The number of hydrogen-bond donors (Lipinski definition) is 1. The largest absolute Gasteiger partial charge is 0.372 e. The molecule has 0 aromatic heterocycles. The predicted octanol–water partition coefficient (Wildman–Crippen LogP) is 3.25. The maximum Gasteiger partial charge on any atom is 0.255 e. The minimum absolute atomic E-state index is 0.140. The van der Waals surface area contributed by atoms with Crippen LogP contribution in [0.3, 0.4) is 0 Å². The highest BCUT2D eigenvalue weighted by atomic mass is 32.2. The lowest BCUT2D eigenvalue weighted by Gasteiger charge is -2.19. The van der Waals surface area contributed by atoms with Gasteiger partial charge in [-0.3, -0.25) is 4.79 Å². The first-order valence-corrected chi connectivity index (χ1v) is 10.2. The second-order valence-corrected chi connectivity index (χ2v) is 8.46. The molecule has 1 aliphatic rings. The van der Waals surface area contributed by atoms with E-state index in [1.54, 1.807) is 12.1 Å². The van der Waals surface area contributed by atoms with Crippen molar-refractivity contribution in [2.45, 2.75) is 24.7 Å². The van der Waals surface area contributed by atoms with E-state index in [1.165, 1.54) is 30.7 Å². The number of aryl methyl sites for hydroxylation is 1. The summed E-state index contributed by atoms with van der Waals surface area (Å²) >= 11 is 0. The van der Waals surface area contributed by atoms with Crippen molar-refractivity contribution in [3.63, 3.8) is 0 Å². The van der Waals surface area contributed by atoms with Crippen molar-refractivity contribution in [1.82, 2.24) is 0 Å². The third-order valence-corrected chi connectivity index (χ3v) is 5.56. The average molecular weight is 358 g/mol. The Kier molecular flexibility index (Phi) is 4.81. The fourth-order valence-electron chi connectivity index (χ4n) is 3.02. The van der Waals surface area contributed by atoms with Gasteiger partial charge in [0.15, 0.2) is 9.84 Å². The number of carbonyl (C=O) groups is 1. The molecule has 1 N–H and O–H groups in total. The summed E-state index contributed by atoms with van der Waals surface area (Å²) in [5.41, 5.74) is 3.22. The van der Waals surface area contributed by atoms with Crippen molar-refractivity contribution in [3.05, 3.63) is 53.6 Å². The quantitative estimate of drug-likeness (QED) is 0.911. The van der Waals surface area contributed by atoms with Crippen LogP contribution in [0.4, 0.5) is 11.4 Å². The van der Waals surface area contributed by atoms with E-state index < -0.39 is 9.84 Å². The molecule has 0 saturated carbocycles. The molecule has 0 bridgehead atoms. The first-order valence-electron chi connectivity index (χ1n) is 8.32. The number of carbonyl (C=O) groups excluding carboxylic acids is 1. The third kappa shape index (κ3) is 4.02. The second kappa shape index (κ2) is 6.88. The first-order chi connectivity index (χ1) is 11.8. The van der Waals surface area contributed by atoms with E-state index in [0.717, 1.165) is 30.6 Å². The second-order valence-electron chi connectivity index (χ2n) is 6.45. The minimum Gasteiger partial charge on any atom is -0.372 e. The van der Waals surface area contributed by atoms with Crippen LogP contribution in [0.25, 0.3) is 0 Å². The first kappa shape index (κ1) is 17.5. The van der Waals surface area contributed by atoms with E-state index >= 15 is 0 Å². The molecular weight excluding hydrogens is 336 g/mol. The summed E-state index contributed by atoms with van der Waals surface area (Å²) in [7, 11) is -3.34. The van der Waals surface area contributed by atoms with E-state index in [4.69, 9.17) is 0 Å². The summed E-state index contributed by atoms with van der Waals surface area (Å²) < 4.78 is 23.3. The van der Waals surface area contributed by atoms with Crippen LogP contribution in [0.5, 0.6) is 0 Å². The van der Waals surface area contributed by atoms with Gasteiger partial charge < -0.3 is 10.2 Å². The number of amides is 1. The number of nitrogens with one attached hydrogen (secondary N) is 1. The number of rotatable bonds is 4. The Morgan fingerprint density at radius 3 is 2.44 bits per heavy atom. The van der Waals surface area contributed by atoms with Crippen molar-refractivity contribution in [2.24, 2.45) is 0 Å². The van der Waals surface area contributed by atoms with Gasteiger partial charge in [-0.1, -0.05) is 6.07 Å². The van der Waals surface area contributed by atoms with Crippen LogP contribution in [0.2, 0.25) is 0 Å². The fraction of sp³-hybridized carbons (Fsp3) is 0.316. The minimum atomic E-state index is -3.34. The highest BCUT2D eigenvalue weighted by Crippen LogP contribution is 2.26. The van der Waals surface area contributed by atoms with E-state index in [2.05, 4.69) is 16.3 Å². The number of benzene rings is 2. The summed E-state index contributed by atoms with van der Waals surface area (Å²) in [6.45, 7) is 4.11. The Hall–Kier alpha value is -2.34. The van der Waals surface area contributed by atoms with Crippen LogP contribution in [0.15, 0.2) is 47.4 Å². The molecule has 0 radical (unpaired) electrons. The zero-order valence-electron chi connectivity index (χ0n) is 14.5. The van der Waals surface area contributed by atoms with E-state index in [1.807, 2.05) is 19.1 Å². The molecule has 1 saturated heterocycles. The molecule has 0 atom stereocenters. The summed E-state index contributed by atoms with van der Waals surface area (Å²) in [5.74, 6) is -0.317. The molecule has 1 fully saturated rings. The molecule has 5 nitrogen and oxygen atoms in total. The summed E-state index contributed by atoms with van der Waals surface area (Å²) in [6, 6.07) is 12.1. The Morgan fingerprint density at radius 1 is 1.08 bits per heavy atom. The van der Waals surface area contributed by atoms with Crippen LogP contribution in [0.1, 0.15) is 28.8 Å². The lowest BCUT2D eigenvalue weighted by Crippen LogP contribution is -2.18. The zero-order valence-corrected chi connectivity index (χ0v) is 15.3. The molecule has 2 aromatic rings. The highest BCUT2D eigenvalue weighted by molar-refractivity contribution is 7.90. The van der Waals surface area contributed by atoms with Gasteiger partial charge in [-0.05, 0) is 61.7 Å². The van der Waals surface area contributed by atoms with Crippen molar-refractivity contribution < 1.29 is 13.2 Å². The molecule has 1 aliphatic heterocycles. The third-order valence-electron chi connectivity index (χ3n) is 4.45. The van der Waals surface area contributed by atoms with Gasteiger partial charge in [0.1, 0.15) is 0 Å². The molecule has 0 spiro atoms. The lowest BCUT2D eigenvalue weighted by atomic mass is 10.1. The molecule has 1 amide bonds. The summed E-state index contributed by atoms with van der Waals surface area (Å²) in [5, 5.41) is 2.87. The van der Waals surface area contributed by atoms with Crippen LogP contribution in [-0.2, 0) is 9.84 Å². The van der Waals surface area contributed by atoms with Gasteiger partial charge in [-0.2, -0.15) is 0 Å². The summed E-state index contributed by atoms with van der Waals surface area (Å²) in [4.78, 5) is 15.0. The standard InChI is InChI=1S/C19H22N2O3S/c1-14-12-16(21-10-3-4-11-21)8-9-18(14)20-19(22)15-6-5-7-17(13-15)25(2,23)24/h5-9,12-13H,3-4,10-11H2,1-2H3,(H,20,22). The Balaban J connectivity index is 1.79. The predicted molar refractivity (Wildman–Crippen MR) is 100 cm³/mol. The molecular formula is C19H22N2O3S. The highest BCUT2D eigenvalue weighted by Gasteiger charge is 2.15. The lowest BCUT2D eigenvalue weighted by molar-refractivity contribution is 0.102. The van der Waals surface area contributed by atoms with Gasteiger partial charge in [0.05, 0.1) is 4.90 Å². The van der Waals surface area contributed by atoms with Crippen LogP contribution < -0.4 is 10.2 Å². The summed E-state index contributed by atoms with van der Waals surface area (Å²) in [6.07, 6.45) is 3.56. The number of hydrogen-bond acceptors (Lipinski definition) is 4. The monoisotopic (exact) mass is 358 g/mol. The Bertz CT molecular complexity index is 901. The normalized spacial score (nSPS) is 14.6. The van der Waals surface area contributed by atoms with Gasteiger partial charge in [0.25, 0.3) is 5.91 Å². The maximum absolute atomic E-state index is 12.5. The molecule has 132 valence electrons. The van der Waals surface area contributed by atoms with E-state index in [-0.39, 0.29) is 10.8 Å². The molecule has 6 heteroatoms. The molecule has 2 aromatic carbocycles. The maximum atomic E-state index is 12.5. The average Bonchev–Trinajstić information content (AvgIpc) is 3.10. The van der Waals surface area contributed by atoms with Gasteiger partial charge in [0.2, 0.25) is 0 Å². The van der Waals surface area contributed by atoms with Crippen molar-refractivity contribution in [3.8, 4) is 0 Å². The van der Waals surface area contributed by atoms with E-state index in [0.29, 0.717) is 5.56 Å². The Morgan fingerprint density at radius 2 is 1.80 bits per heavy atom. The smallest absolute Gasteiger partial charge is 0.255 e. The van der Waals surface area contributed by atoms with Crippen molar-refractivity contribution in [1.29, 1.82) is 0 Å². The van der Waals surface area contributed by atoms with Crippen molar-refractivity contribution >= 4 is 27.1 Å². The molecule has 1 heterocycles. The van der Waals surface area contributed by atoms with Crippen LogP contribution in [0, 0.1) is 6.92 Å². The fourth-order valence-corrected chi connectivity index (χ4v) is 3.69. The van der Waals surface area contributed by atoms with Gasteiger partial charge in [-0.15, -0.1) is 0 Å². The van der Waals surface area contributed by atoms with Crippen LogP contribution >= 0.6 is 0 Å². The number of sulfone groups is 1. The van der Waals surface area contributed by atoms with Crippen LogP contribution in [-0.4, -0.2) is 33.7 Å². The number of anilines is 2. The molecule has 0 aliphatic carbocycles. The van der Waals surface area contributed by atoms with E-state index in [9.17, 15) is 13.2 Å². The molecule has 0 unspecified atom stereocenters. The Labute approximate surface area is 148 Å². The zero-order chi connectivity index (χ0) is 18.0. The number of nitrogens with zero attached hydrogens (tertiary/aromatic N) is 1. The van der Waals surface area contributed by atoms with Gasteiger partial charge in [0, 0.05) is 36.3 Å². The van der Waals surface area contributed by atoms with Gasteiger partial charge >= 0.3 is 0 Å². The van der Waals surface area contributed by atoms with Crippen molar-refractivity contribution in [2.75, 3.05) is 29.6 Å². The SMILES string of the molecule is Cc1cc(N2CCCC2)ccc1NC(=O)c1cccc(S(C)(=O)=O)c1. The molecule has 3 rings (SSSR count). The van der Waals surface area contributed by atoms with Gasteiger partial charge in [-0.25, -0.2) is 8.42 Å².